The van der Waals surface area contributed by atoms with E-state index in [2.05, 4.69) is 5.10 Å². The van der Waals surface area contributed by atoms with Crippen molar-refractivity contribution >= 4 is 15.7 Å². The highest BCUT2D eigenvalue weighted by Crippen LogP contribution is 2.31. The molecule has 0 atom stereocenters. The first kappa shape index (κ1) is 19.8. The van der Waals surface area contributed by atoms with Crippen LogP contribution in [0.15, 0.2) is 35.2 Å². The van der Waals surface area contributed by atoms with Gasteiger partial charge in [-0.15, -0.1) is 0 Å². The minimum atomic E-state index is -4.72. The van der Waals surface area contributed by atoms with Crippen LogP contribution in [0.2, 0.25) is 0 Å². The summed E-state index contributed by atoms with van der Waals surface area (Å²) in [5.41, 5.74) is -1.10. The molecule has 5 nitrogen and oxygen atoms in total. The monoisotopic (exact) mass is 417 g/mol. The van der Waals surface area contributed by atoms with Gasteiger partial charge < -0.3 is 0 Å². The van der Waals surface area contributed by atoms with Crippen molar-refractivity contribution in [2.24, 2.45) is 0 Å². The van der Waals surface area contributed by atoms with Gasteiger partial charge in [0.25, 0.3) is 10.0 Å². The van der Waals surface area contributed by atoms with Crippen LogP contribution in [-0.4, -0.2) is 18.2 Å². The van der Waals surface area contributed by atoms with Crippen molar-refractivity contribution in [1.82, 2.24) is 9.78 Å². The molecule has 0 saturated heterocycles. The lowest BCUT2D eigenvalue weighted by atomic mass is 10.2. The van der Waals surface area contributed by atoms with Gasteiger partial charge in [-0.25, -0.2) is 35.1 Å². The van der Waals surface area contributed by atoms with E-state index in [1.165, 1.54) is 23.3 Å². The van der Waals surface area contributed by atoms with Crippen molar-refractivity contribution in [2.75, 3.05) is 4.72 Å². The quantitative estimate of drug-likeness (QED) is 0.397. The molecule has 0 unspecified atom stereocenters. The molecule has 0 amide bonds. The first-order chi connectivity index (χ1) is 13.1. The van der Waals surface area contributed by atoms with E-state index >= 15 is 0 Å². The summed E-state index contributed by atoms with van der Waals surface area (Å²) in [7, 11) is -4.72. The Morgan fingerprint density at radius 1 is 0.857 bits per heavy atom. The molecule has 1 aromatic heterocycles. The predicted molar refractivity (Wildman–Crippen MR) is 90.1 cm³/mol. The summed E-state index contributed by atoms with van der Waals surface area (Å²) in [4.78, 5) is -0.444. The van der Waals surface area contributed by atoms with Crippen LogP contribution in [-0.2, 0) is 10.0 Å². The summed E-state index contributed by atoms with van der Waals surface area (Å²) < 4.78 is 95.6. The number of aryl methyl sites for hydroxylation is 1. The second-order valence-electron chi connectivity index (χ2n) is 5.80. The normalized spacial score (nSPS) is 11.7. The van der Waals surface area contributed by atoms with E-state index in [0.29, 0.717) is 5.69 Å². The van der Waals surface area contributed by atoms with Gasteiger partial charge in [0.2, 0.25) is 5.82 Å². The standard InChI is InChI=1S/C17H12F5N3O2S/c1-8-17(9(2)25(23-8)10-6-4-3-5-7-10)28(26,27)24-16-14(21)12(19)11(18)13(20)15(16)22/h3-7,24H,1-2H3. The Morgan fingerprint density at radius 2 is 1.36 bits per heavy atom. The van der Waals surface area contributed by atoms with Gasteiger partial charge in [0.1, 0.15) is 10.6 Å². The van der Waals surface area contributed by atoms with Crippen molar-refractivity contribution in [3.8, 4) is 5.69 Å². The highest BCUT2D eigenvalue weighted by atomic mass is 32.2. The van der Waals surface area contributed by atoms with E-state index in [1.54, 1.807) is 30.3 Å². The molecule has 1 heterocycles. The number of nitrogens with zero attached hydrogens (tertiary/aromatic N) is 2. The molecule has 28 heavy (non-hydrogen) atoms. The Morgan fingerprint density at radius 3 is 1.89 bits per heavy atom. The Kier molecular flexibility index (Phi) is 4.88. The zero-order valence-corrected chi connectivity index (χ0v) is 15.2. The lowest BCUT2D eigenvalue weighted by Gasteiger charge is -2.12. The number of nitrogens with one attached hydrogen (secondary N) is 1. The maximum Gasteiger partial charge on any atom is 0.265 e. The number of benzene rings is 2. The number of halogens is 5. The topological polar surface area (TPSA) is 64.0 Å². The molecule has 0 aliphatic rings. The van der Waals surface area contributed by atoms with Crippen molar-refractivity contribution < 1.29 is 30.4 Å². The number of rotatable bonds is 4. The molecule has 0 bridgehead atoms. The Balaban J connectivity index is 2.13. The number of hydrogen-bond acceptors (Lipinski definition) is 3. The summed E-state index contributed by atoms with van der Waals surface area (Å²) >= 11 is 0. The van der Waals surface area contributed by atoms with Gasteiger partial charge in [-0.1, -0.05) is 18.2 Å². The van der Waals surface area contributed by atoms with Crippen LogP contribution in [0.3, 0.4) is 0 Å². The van der Waals surface area contributed by atoms with Crippen LogP contribution in [0, 0.1) is 42.9 Å². The van der Waals surface area contributed by atoms with Crippen molar-refractivity contribution in [3.63, 3.8) is 0 Å². The van der Waals surface area contributed by atoms with Crippen molar-refractivity contribution in [3.05, 3.63) is 70.8 Å². The predicted octanol–water partition coefficient (Wildman–Crippen LogP) is 3.99. The van der Waals surface area contributed by atoms with Crippen LogP contribution in [0.5, 0.6) is 0 Å². The van der Waals surface area contributed by atoms with Gasteiger partial charge in [0.05, 0.1) is 17.1 Å². The van der Waals surface area contributed by atoms with Crippen LogP contribution < -0.4 is 4.72 Å². The third-order valence-corrected chi connectivity index (χ3v) is 5.54. The molecule has 1 N–H and O–H groups in total. The molecular weight excluding hydrogens is 405 g/mol. The Labute approximate surface area is 156 Å². The molecule has 3 rings (SSSR count). The van der Waals surface area contributed by atoms with E-state index in [1.807, 2.05) is 0 Å². The van der Waals surface area contributed by atoms with Gasteiger partial charge in [0.15, 0.2) is 23.3 Å². The average molecular weight is 417 g/mol. The van der Waals surface area contributed by atoms with Gasteiger partial charge in [-0.3, -0.25) is 4.72 Å². The fourth-order valence-corrected chi connectivity index (χ4v) is 4.17. The highest BCUT2D eigenvalue weighted by molar-refractivity contribution is 7.92. The Hall–Kier alpha value is -2.95. The average Bonchev–Trinajstić information content (AvgIpc) is 2.97. The molecule has 0 radical (unpaired) electrons. The molecule has 0 aliphatic heterocycles. The molecule has 0 saturated carbocycles. The number of sulfonamides is 1. The summed E-state index contributed by atoms with van der Waals surface area (Å²) in [6.45, 7) is 2.72. The van der Waals surface area contributed by atoms with E-state index in [0.717, 1.165) is 0 Å². The summed E-state index contributed by atoms with van der Waals surface area (Å²) in [5, 5.41) is 4.08. The maximum atomic E-state index is 13.9. The largest absolute Gasteiger partial charge is 0.274 e. The molecule has 0 fully saturated rings. The number of hydrogen-bond donors (Lipinski definition) is 1. The number of anilines is 1. The highest BCUT2D eigenvalue weighted by Gasteiger charge is 2.31. The van der Waals surface area contributed by atoms with Gasteiger partial charge in [0, 0.05) is 0 Å². The summed E-state index contributed by atoms with van der Waals surface area (Å²) in [5.74, 6) is -11.5. The molecule has 11 heteroatoms. The van der Waals surface area contributed by atoms with Crippen LogP contribution >= 0.6 is 0 Å². The van der Waals surface area contributed by atoms with Crippen molar-refractivity contribution in [2.45, 2.75) is 18.7 Å². The first-order valence-corrected chi connectivity index (χ1v) is 9.20. The second-order valence-corrected chi connectivity index (χ2v) is 7.42. The minimum absolute atomic E-state index is 0.0299. The number of aromatic nitrogens is 2. The first-order valence-electron chi connectivity index (χ1n) is 7.72. The fraction of sp³-hybridized carbons (Fsp3) is 0.118. The zero-order chi connectivity index (χ0) is 20.8. The Bertz CT molecular complexity index is 1150. The van der Waals surface area contributed by atoms with Crippen LogP contribution in [0.4, 0.5) is 27.6 Å². The molecular formula is C17H12F5N3O2S. The van der Waals surface area contributed by atoms with Gasteiger partial charge in [-0.05, 0) is 26.0 Å². The summed E-state index contributed by atoms with van der Waals surface area (Å²) in [6, 6.07) is 8.40. The van der Waals surface area contributed by atoms with Crippen LogP contribution in [0.1, 0.15) is 11.4 Å². The molecule has 0 spiro atoms. The smallest absolute Gasteiger partial charge is 0.265 e. The number of para-hydroxylation sites is 1. The molecule has 3 aromatic rings. The van der Waals surface area contributed by atoms with Gasteiger partial charge >= 0.3 is 0 Å². The van der Waals surface area contributed by atoms with E-state index in [4.69, 9.17) is 0 Å². The third-order valence-electron chi connectivity index (χ3n) is 3.94. The van der Waals surface area contributed by atoms with Gasteiger partial charge in [-0.2, -0.15) is 5.10 Å². The molecule has 0 aliphatic carbocycles. The minimum Gasteiger partial charge on any atom is -0.274 e. The second kappa shape index (κ2) is 6.89. The SMILES string of the molecule is Cc1nn(-c2ccccc2)c(C)c1S(=O)(=O)Nc1c(F)c(F)c(F)c(F)c1F. The fourth-order valence-electron chi connectivity index (χ4n) is 2.72. The van der Waals surface area contributed by atoms with E-state index in [9.17, 15) is 30.4 Å². The van der Waals surface area contributed by atoms with Crippen molar-refractivity contribution in [1.29, 1.82) is 0 Å². The third kappa shape index (κ3) is 3.11. The van der Waals surface area contributed by atoms with Crippen LogP contribution in [0.25, 0.3) is 5.69 Å². The van der Waals surface area contributed by atoms with E-state index < -0.39 is 49.7 Å². The van der Waals surface area contributed by atoms with E-state index in [-0.39, 0.29) is 11.4 Å². The lowest BCUT2D eigenvalue weighted by molar-refractivity contribution is 0.382. The zero-order valence-electron chi connectivity index (χ0n) is 14.4. The molecule has 2 aromatic carbocycles. The lowest BCUT2D eigenvalue weighted by Crippen LogP contribution is -2.19. The summed E-state index contributed by atoms with van der Waals surface area (Å²) in [6.07, 6.45) is 0. The maximum absolute atomic E-state index is 13.9. The molecule has 148 valence electrons.